The van der Waals surface area contributed by atoms with E-state index in [9.17, 15) is 5.11 Å². The number of nitrogens with one attached hydrogen (secondary N) is 1. The first-order valence-corrected chi connectivity index (χ1v) is 7.47. The van der Waals surface area contributed by atoms with E-state index in [2.05, 4.69) is 30.5 Å². The van der Waals surface area contributed by atoms with Gasteiger partial charge in [-0.25, -0.2) is 0 Å². The predicted octanol–water partition coefficient (Wildman–Crippen LogP) is 2.18. The van der Waals surface area contributed by atoms with Crippen LogP contribution < -0.4 is 5.32 Å². The van der Waals surface area contributed by atoms with Crippen LogP contribution in [0.4, 0.5) is 0 Å². The highest BCUT2D eigenvalue weighted by molar-refractivity contribution is 5.19. The van der Waals surface area contributed by atoms with Crippen molar-refractivity contribution in [3.8, 4) is 0 Å². The molecule has 19 heavy (non-hydrogen) atoms. The average Bonchev–Trinajstić information content (AvgIpc) is 2.73. The van der Waals surface area contributed by atoms with Crippen LogP contribution in [-0.2, 0) is 13.6 Å². The van der Waals surface area contributed by atoms with Crippen molar-refractivity contribution in [2.45, 2.75) is 58.1 Å². The first-order valence-electron chi connectivity index (χ1n) is 7.47. The molecule has 1 aliphatic carbocycles. The van der Waals surface area contributed by atoms with E-state index in [-0.39, 0.29) is 6.10 Å². The first kappa shape index (κ1) is 14.5. The largest absolute Gasteiger partial charge is 0.393 e. The zero-order valence-corrected chi connectivity index (χ0v) is 12.4. The van der Waals surface area contributed by atoms with Crippen LogP contribution in [0.1, 0.15) is 56.7 Å². The van der Waals surface area contributed by atoms with E-state index in [1.165, 1.54) is 11.3 Å². The molecule has 0 amide bonds. The van der Waals surface area contributed by atoms with Crippen LogP contribution in [0.2, 0.25) is 0 Å². The Labute approximate surface area is 116 Å². The summed E-state index contributed by atoms with van der Waals surface area (Å²) in [5, 5.41) is 17.6. The van der Waals surface area contributed by atoms with Crippen LogP contribution in [0, 0.1) is 5.92 Å². The van der Waals surface area contributed by atoms with Crippen LogP contribution in [0.3, 0.4) is 0 Å². The second-order valence-electron chi connectivity index (χ2n) is 6.17. The second kappa shape index (κ2) is 6.53. The summed E-state index contributed by atoms with van der Waals surface area (Å²) in [4.78, 5) is 0. The van der Waals surface area contributed by atoms with Gasteiger partial charge in [0.15, 0.2) is 0 Å². The number of aliphatic hydroxyl groups excluding tert-OH is 1. The minimum atomic E-state index is -0.0536. The molecule has 108 valence electrons. The Hall–Kier alpha value is -0.870. The van der Waals surface area contributed by atoms with Crippen molar-refractivity contribution < 1.29 is 5.11 Å². The normalized spacial score (nSPS) is 24.1. The summed E-state index contributed by atoms with van der Waals surface area (Å²) < 4.78 is 1.91. The van der Waals surface area contributed by atoms with E-state index in [0.29, 0.717) is 5.92 Å². The zero-order valence-electron chi connectivity index (χ0n) is 12.4. The average molecular weight is 265 g/mol. The van der Waals surface area contributed by atoms with Gasteiger partial charge in [0, 0.05) is 25.4 Å². The van der Waals surface area contributed by atoms with E-state index >= 15 is 0 Å². The van der Waals surface area contributed by atoms with Gasteiger partial charge in [-0.1, -0.05) is 13.8 Å². The monoisotopic (exact) mass is 265 g/mol. The van der Waals surface area contributed by atoms with Crippen molar-refractivity contribution in [3.05, 3.63) is 17.5 Å². The Morgan fingerprint density at radius 2 is 2.05 bits per heavy atom. The molecule has 1 fully saturated rings. The summed E-state index contributed by atoms with van der Waals surface area (Å²) in [6, 6.07) is 0. The van der Waals surface area contributed by atoms with E-state index in [1.54, 1.807) is 0 Å². The Kier molecular flexibility index (Phi) is 4.99. The fraction of sp³-hybridized carbons (Fsp3) is 0.800. The van der Waals surface area contributed by atoms with Gasteiger partial charge in [0.25, 0.3) is 0 Å². The van der Waals surface area contributed by atoms with Gasteiger partial charge < -0.3 is 10.4 Å². The Bertz CT molecular complexity index is 392. The Morgan fingerprint density at radius 1 is 1.37 bits per heavy atom. The van der Waals surface area contributed by atoms with E-state index in [4.69, 9.17) is 0 Å². The lowest BCUT2D eigenvalue weighted by molar-refractivity contribution is 0.108. The lowest BCUT2D eigenvalue weighted by atomic mass is 9.87. The smallest absolute Gasteiger partial charge is 0.0694 e. The summed E-state index contributed by atoms with van der Waals surface area (Å²) in [7, 11) is 1.98. The minimum Gasteiger partial charge on any atom is -0.393 e. The van der Waals surface area contributed by atoms with Crippen LogP contribution in [0.25, 0.3) is 0 Å². The molecule has 2 rings (SSSR count). The molecule has 0 saturated heterocycles. The number of rotatable bonds is 5. The van der Waals surface area contributed by atoms with Gasteiger partial charge in [-0.15, -0.1) is 0 Å². The maximum Gasteiger partial charge on any atom is 0.0694 e. The number of hydrogen-bond donors (Lipinski definition) is 2. The summed E-state index contributed by atoms with van der Waals surface area (Å²) in [6.45, 7) is 6.34. The molecule has 4 nitrogen and oxygen atoms in total. The molecule has 0 aromatic carbocycles. The van der Waals surface area contributed by atoms with Gasteiger partial charge in [-0.2, -0.15) is 5.10 Å². The van der Waals surface area contributed by atoms with Crippen molar-refractivity contribution in [1.29, 1.82) is 0 Å². The number of aromatic nitrogens is 2. The van der Waals surface area contributed by atoms with Crippen LogP contribution >= 0.6 is 0 Å². The lowest BCUT2D eigenvalue weighted by Crippen LogP contribution is -2.27. The van der Waals surface area contributed by atoms with Crippen LogP contribution in [-0.4, -0.2) is 27.5 Å². The first-order chi connectivity index (χ1) is 9.06. The molecule has 0 radical (unpaired) electrons. The highest BCUT2D eigenvalue weighted by atomic mass is 16.3. The molecule has 2 N–H and O–H groups in total. The van der Waals surface area contributed by atoms with Gasteiger partial charge in [0.05, 0.1) is 11.8 Å². The molecule has 4 heteroatoms. The third-order valence-corrected chi connectivity index (χ3v) is 4.05. The standard InChI is InChI=1S/C15H27N3O/c1-11(2)15-13(10-18(3)17-15)9-16-8-12-4-6-14(19)7-5-12/h10-12,14,16,19H,4-9H2,1-3H3. The van der Waals surface area contributed by atoms with Gasteiger partial charge in [0.1, 0.15) is 0 Å². The van der Waals surface area contributed by atoms with Gasteiger partial charge >= 0.3 is 0 Å². The minimum absolute atomic E-state index is 0.0536. The van der Waals surface area contributed by atoms with Gasteiger partial charge in [-0.05, 0) is 44.1 Å². The molecular weight excluding hydrogens is 238 g/mol. The van der Waals surface area contributed by atoms with Crippen molar-refractivity contribution in [3.63, 3.8) is 0 Å². The molecule has 1 saturated carbocycles. The van der Waals surface area contributed by atoms with E-state index in [1.807, 2.05) is 11.7 Å². The fourth-order valence-electron chi connectivity index (χ4n) is 2.94. The van der Waals surface area contributed by atoms with Gasteiger partial charge in [-0.3, -0.25) is 4.68 Å². The predicted molar refractivity (Wildman–Crippen MR) is 77.0 cm³/mol. The lowest BCUT2D eigenvalue weighted by Gasteiger charge is -2.25. The van der Waals surface area contributed by atoms with E-state index < -0.39 is 0 Å². The maximum absolute atomic E-state index is 9.50. The molecule has 1 aliphatic rings. The van der Waals surface area contributed by atoms with Gasteiger partial charge in [0.2, 0.25) is 0 Å². The fourth-order valence-corrected chi connectivity index (χ4v) is 2.94. The summed E-state index contributed by atoms with van der Waals surface area (Å²) >= 11 is 0. The molecule has 0 unspecified atom stereocenters. The van der Waals surface area contributed by atoms with Crippen molar-refractivity contribution >= 4 is 0 Å². The number of aryl methyl sites for hydroxylation is 1. The molecule has 0 spiro atoms. The summed E-state index contributed by atoms with van der Waals surface area (Å²) in [6.07, 6.45) is 6.30. The SMILES string of the molecule is CC(C)c1nn(C)cc1CNCC1CCC(O)CC1. The molecule has 1 aromatic rings. The highest BCUT2D eigenvalue weighted by Gasteiger charge is 2.19. The summed E-state index contributed by atoms with van der Waals surface area (Å²) in [5.41, 5.74) is 2.52. The molecule has 0 bridgehead atoms. The molecular formula is C15H27N3O. The number of nitrogens with zero attached hydrogens (tertiary/aromatic N) is 2. The third kappa shape index (κ3) is 4.05. The Balaban J connectivity index is 1.79. The maximum atomic E-state index is 9.50. The van der Waals surface area contributed by atoms with Crippen LogP contribution in [0.15, 0.2) is 6.20 Å². The highest BCUT2D eigenvalue weighted by Crippen LogP contribution is 2.23. The molecule has 0 aliphatic heterocycles. The topological polar surface area (TPSA) is 50.1 Å². The number of aliphatic hydroxyl groups is 1. The van der Waals surface area contributed by atoms with Crippen molar-refractivity contribution in [2.75, 3.05) is 6.54 Å². The van der Waals surface area contributed by atoms with Crippen molar-refractivity contribution in [1.82, 2.24) is 15.1 Å². The Morgan fingerprint density at radius 3 is 2.68 bits per heavy atom. The van der Waals surface area contributed by atoms with Crippen LogP contribution in [0.5, 0.6) is 0 Å². The quantitative estimate of drug-likeness (QED) is 0.858. The molecule has 1 heterocycles. The second-order valence-corrected chi connectivity index (χ2v) is 6.17. The zero-order chi connectivity index (χ0) is 13.8. The summed E-state index contributed by atoms with van der Waals surface area (Å²) in [5.74, 6) is 1.20. The third-order valence-electron chi connectivity index (χ3n) is 4.05. The molecule has 0 atom stereocenters. The number of hydrogen-bond acceptors (Lipinski definition) is 3. The van der Waals surface area contributed by atoms with E-state index in [0.717, 1.165) is 44.7 Å². The van der Waals surface area contributed by atoms with Crippen molar-refractivity contribution in [2.24, 2.45) is 13.0 Å². The molecule has 1 aromatic heterocycles.